The number of benzene rings is 1. The highest BCUT2D eigenvalue weighted by Crippen LogP contribution is 2.47. The van der Waals surface area contributed by atoms with Crippen LogP contribution in [0.4, 0.5) is 10.2 Å². The van der Waals surface area contributed by atoms with Crippen LogP contribution in [-0.4, -0.2) is 69.8 Å². The molecule has 1 aliphatic carbocycles. The van der Waals surface area contributed by atoms with Gasteiger partial charge in [-0.25, -0.2) is 9.37 Å². The van der Waals surface area contributed by atoms with Crippen molar-refractivity contribution in [1.82, 2.24) is 40.7 Å². The van der Waals surface area contributed by atoms with E-state index in [1.807, 2.05) is 6.92 Å². The van der Waals surface area contributed by atoms with Crippen molar-refractivity contribution in [3.63, 3.8) is 0 Å². The molecule has 2 N–H and O–H groups in total. The van der Waals surface area contributed by atoms with Crippen molar-refractivity contribution in [2.75, 3.05) is 4.90 Å². The van der Waals surface area contributed by atoms with Crippen LogP contribution in [0.2, 0.25) is 0 Å². The van der Waals surface area contributed by atoms with E-state index in [9.17, 15) is 5.11 Å². The predicted molar refractivity (Wildman–Crippen MR) is 123 cm³/mol. The Bertz CT molecular complexity index is 1230. The Morgan fingerprint density at radius 2 is 1.97 bits per heavy atom. The molecule has 34 heavy (non-hydrogen) atoms. The third-order valence-corrected chi connectivity index (χ3v) is 7.51. The molecule has 3 fully saturated rings. The van der Waals surface area contributed by atoms with Gasteiger partial charge in [-0.1, -0.05) is 6.07 Å². The van der Waals surface area contributed by atoms with Gasteiger partial charge < -0.3 is 15.3 Å². The fourth-order valence-corrected chi connectivity index (χ4v) is 5.69. The van der Waals surface area contributed by atoms with Crippen LogP contribution < -0.4 is 10.2 Å². The van der Waals surface area contributed by atoms with Crippen molar-refractivity contribution in [3.8, 4) is 28.5 Å². The molecule has 2 saturated heterocycles. The number of aromatic nitrogens is 7. The van der Waals surface area contributed by atoms with E-state index < -0.39 is 11.7 Å². The molecule has 1 saturated carbocycles. The van der Waals surface area contributed by atoms with Crippen LogP contribution in [0.25, 0.3) is 22.8 Å². The Morgan fingerprint density at radius 3 is 2.62 bits per heavy atom. The van der Waals surface area contributed by atoms with E-state index in [0.29, 0.717) is 28.6 Å². The molecule has 11 heteroatoms. The van der Waals surface area contributed by atoms with E-state index in [0.717, 1.165) is 32.1 Å². The van der Waals surface area contributed by atoms with Gasteiger partial charge in [0.2, 0.25) is 5.82 Å². The minimum Gasteiger partial charge on any atom is -0.507 e. The number of halogens is 1. The van der Waals surface area contributed by atoms with Gasteiger partial charge in [-0.2, -0.15) is 4.80 Å². The molecule has 2 bridgehead atoms. The summed E-state index contributed by atoms with van der Waals surface area (Å²) in [6.45, 7) is 4.19. The summed E-state index contributed by atoms with van der Waals surface area (Å²) in [5.41, 5.74) is 0.502. The Kier molecular flexibility index (Phi) is 4.64. The first-order valence-corrected chi connectivity index (χ1v) is 11.7. The standard InChI is InChI=1S/C23H28FN9O/c1-22-8-9-23(2,30-22)19(24)16(11-22)33(14-5-6-14)18-12-25-21(27-26-18)15-7-4-13(10-17(15)34)20-28-31-32(3)29-20/h4,7,10,12,14,16,19,30,34H,5-6,8-9,11H2,1-3H3/t16-,19-,22-,23+/m1/s1. The number of hydrogen-bond donors (Lipinski definition) is 2. The normalized spacial score (nSPS) is 30.5. The molecule has 0 unspecified atom stereocenters. The van der Waals surface area contributed by atoms with Crippen molar-refractivity contribution in [2.45, 2.75) is 75.3 Å². The SMILES string of the molecule is Cn1nnc(-c2ccc(-c3ncc(N(C4CC4)[C@@H]4C[C@@]5(C)CC[C@](C)(N5)[C@@H]4F)nn3)c(O)c2)n1. The van der Waals surface area contributed by atoms with Crippen molar-refractivity contribution >= 4 is 5.82 Å². The lowest BCUT2D eigenvalue weighted by Gasteiger charge is -2.48. The first-order valence-electron chi connectivity index (χ1n) is 11.7. The lowest BCUT2D eigenvalue weighted by Crippen LogP contribution is -2.66. The highest BCUT2D eigenvalue weighted by Gasteiger charge is 2.58. The van der Waals surface area contributed by atoms with Gasteiger partial charge in [0.05, 0.1) is 24.8 Å². The molecule has 2 aliphatic heterocycles. The first-order chi connectivity index (χ1) is 16.2. The Morgan fingerprint density at radius 1 is 1.15 bits per heavy atom. The summed E-state index contributed by atoms with van der Waals surface area (Å²) in [7, 11) is 1.68. The molecule has 10 nitrogen and oxygen atoms in total. The molecule has 3 aliphatic rings. The van der Waals surface area contributed by atoms with Gasteiger partial charge in [0.25, 0.3) is 0 Å². The monoisotopic (exact) mass is 465 g/mol. The molecular formula is C23H28FN9O. The van der Waals surface area contributed by atoms with Crippen LogP contribution in [0.1, 0.15) is 46.0 Å². The Hall–Kier alpha value is -3.21. The lowest BCUT2D eigenvalue weighted by molar-refractivity contribution is 0.0831. The lowest BCUT2D eigenvalue weighted by atomic mass is 9.82. The van der Waals surface area contributed by atoms with Gasteiger partial charge in [0.1, 0.15) is 11.9 Å². The number of piperidine rings is 1. The van der Waals surface area contributed by atoms with Gasteiger partial charge in [0, 0.05) is 22.7 Å². The molecule has 3 aromatic rings. The number of hydrogen-bond acceptors (Lipinski definition) is 9. The highest BCUT2D eigenvalue weighted by molar-refractivity contribution is 5.70. The predicted octanol–water partition coefficient (Wildman–Crippen LogP) is 2.41. The number of rotatable bonds is 5. The number of nitrogens with zero attached hydrogens (tertiary/aromatic N) is 8. The quantitative estimate of drug-likeness (QED) is 0.586. The number of alkyl halides is 1. The molecule has 4 atom stereocenters. The average molecular weight is 466 g/mol. The second-order valence-electron chi connectivity index (χ2n) is 10.4. The number of phenolic OH excluding ortho intramolecular Hbond substituents is 1. The van der Waals surface area contributed by atoms with E-state index >= 15 is 4.39 Å². The zero-order valence-electron chi connectivity index (χ0n) is 19.5. The fourth-order valence-electron chi connectivity index (χ4n) is 5.69. The number of anilines is 1. The molecule has 1 aromatic carbocycles. The third kappa shape index (κ3) is 3.49. The van der Waals surface area contributed by atoms with Crippen LogP contribution in [0, 0.1) is 0 Å². The molecule has 6 rings (SSSR count). The van der Waals surface area contributed by atoms with Crippen LogP contribution in [0.15, 0.2) is 24.4 Å². The highest BCUT2D eigenvalue weighted by atomic mass is 19.1. The molecule has 0 radical (unpaired) electrons. The van der Waals surface area contributed by atoms with Crippen LogP contribution in [0.5, 0.6) is 5.75 Å². The first kappa shape index (κ1) is 21.3. The summed E-state index contributed by atoms with van der Waals surface area (Å²) in [5, 5.41) is 34.8. The summed E-state index contributed by atoms with van der Waals surface area (Å²) in [4.78, 5) is 7.96. The molecule has 178 valence electrons. The number of fused-ring (bicyclic) bond motifs is 2. The third-order valence-electron chi connectivity index (χ3n) is 7.51. The fraction of sp³-hybridized carbons (Fsp3) is 0.565. The zero-order valence-corrected chi connectivity index (χ0v) is 19.5. The van der Waals surface area contributed by atoms with E-state index in [1.165, 1.54) is 4.80 Å². The van der Waals surface area contributed by atoms with Crippen molar-refractivity contribution in [2.24, 2.45) is 7.05 Å². The van der Waals surface area contributed by atoms with Crippen molar-refractivity contribution in [1.29, 1.82) is 0 Å². The summed E-state index contributed by atoms with van der Waals surface area (Å²) < 4.78 is 15.8. The van der Waals surface area contributed by atoms with Crippen molar-refractivity contribution < 1.29 is 9.50 Å². The summed E-state index contributed by atoms with van der Waals surface area (Å²) in [5.74, 6) is 1.31. The van der Waals surface area contributed by atoms with Crippen molar-refractivity contribution in [3.05, 3.63) is 24.4 Å². The maximum atomic E-state index is 15.8. The summed E-state index contributed by atoms with van der Waals surface area (Å²) in [6.07, 6.45) is 5.22. The number of nitrogens with one attached hydrogen (secondary N) is 1. The van der Waals surface area contributed by atoms with E-state index in [2.05, 4.69) is 47.7 Å². The maximum absolute atomic E-state index is 15.8. The zero-order chi connectivity index (χ0) is 23.7. The van der Waals surface area contributed by atoms with E-state index in [4.69, 9.17) is 0 Å². The van der Waals surface area contributed by atoms with Gasteiger partial charge in [0.15, 0.2) is 11.6 Å². The number of aromatic hydroxyl groups is 1. The minimum absolute atomic E-state index is 0.00171. The van der Waals surface area contributed by atoms with Crippen LogP contribution >= 0.6 is 0 Å². The molecule has 0 spiro atoms. The smallest absolute Gasteiger partial charge is 0.205 e. The second-order valence-corrected chi connectivity index (χ2v) is 10.4. The Labute approximate surface area is 196 Å². The summed E-state index contributed by atoms with van der Waals surface area (Å²) >= 11 is 0. The summed E-state index contributed by atoms with van der Waals surface area (Å²) in [6, 6.07) is 5.04. The van der Waals surface area contributed by atoms with Gasteiger partial charge in [-0.15, -0.1) is 20.4 Å². The number of tetrazole rings is 1. The maximum Gasteiger partial charge on any atom is 0.205 e. The second kappa shape index (κ2) is 7.39. The largest absolute Gasteiger partial charge is 0.507 e. The van der Waals surface area contributed by atoms with Crippen LogP contribution in [-0.2, 0) is 7.05 Å². The molecule has 2 aromatic heterocycles. The molecule has 0 amide bonds. The van der Waals surface area contributed by atoms with Gasteiger partial charge in [-0.05, 0) is 63.3 Å². The van der Waals surface area contributed by atoms with Crippen LogP contribution in [0.3, 0.4) is 0 Å². The molecular weight excluding hydrogens is 437 g/mol. The van der Waals surface area contributed by atoms with Gasteiger partial charge in [-0.3, -0.25) is 0 Å². The number of aryl methyl sites for hydroxylation is 1. The average Bonchev–Trinajstić information content (AvgIpc) is 3.48. The van der Waals surface area contributed by atoms with E-state index in [1.54, 1.807) is 31.4 Å². The topological polar surface area (TPSA) is 118 Å². The minimum atomic E-state index is -1.00. The Balaban J connectivity index is 1.28. The molecule has 4 heterocycles. The number of phenols is 1. The van der Waals surface area contributed by atoms with Gasteiger partial charge >= 0.3 is 0 Å². The van der Waals surface area contributed by atoms with E-state index in [-0.39, 0.29) is 23.4 Å².